The molecule has 0 aliphatic rings. The molecule has 0 heterocycles. The summed E-state index contributed by atoms with van der Waals surface area (Å²) in [5.74, 6) is -0.866. The van der Waals surface area contributed by atoms with Crippen LogP contribution in [-0.4, -0.2) is 30.9 Å². The molecule has 1 amide bonds. The molecule has 0 saturated carbocycles. The topological polar surface area (TPSA) is 46.6 Å². The zero-order chi connectivity index (χ0) is 13.7. The van der Waals surface area contributed by atoms with Gasteiger partial charge in [-0.3, -0.25) is 4.79 Å². The number of hydrogen-bond acceptors (Lipinski definition) is 3. The Bertz CT molecular complexity index is 498. The van der Waals surface area contributed by atoms with Crippen molar-refractivity contribution in [3.8, 4) is 5.75 Å². The fraction of sp³-hybridized carbons (Fsp3) is 0.167. The summed E-state index contributed by atoms with van der Waals surface area (Å²) in [5, 5.41) is 0.440. The van der Waals surface area contributed by atoms with Crippen molar-refractivity contribution in [2.24, 2.45) is 0 Å². The van der Waals surface area contributed by atoms with Gasteiger partial charge in [0.15, 0.2) is 5.75 Å². The fourth-order valence-electron chi connectivity index (χ4n) is 0.994. The lowest BCUT2D eigenvalue weighted by Gasteiger charge is -2.06. The van der Waals surface area contributed by atoms with Crippen LogP contribution >= 0.6 is 23.2 Å². The second-order valence-corrected chi connectivity index (χ2v) is 4.32. The molecule has 1 rings (SSSR count). The number of benzene rings is 1. The minimum Gasteiger partial charge on any atom is -0.422 e. The predicted molar refractivity (Wildman–Crippen MR) is 69.9 cm³/mol. The number of nitrogens with zero attached hydrogens (tertiary/aromatic N) is 1. The van der Waals surface area contributed by atoms with Gasteiger partial charge in [0.1, 0.15) is 5.02 Å². The van der Waals surface area contributed by atoms with Crippen molar-refractivity contribution in [2.45, 2.75) is 0 Å². The number of carbonyl (C=O) groups is 2. The lowest BCUT2D eigenvalue weighted by Crippen LogP contribution is -2.19. The summed E-state index contributed by atoms with van der Waals surface area (Å²) in [6.07, 6.45) is 2.14. The molecule has 1 aromatic carbocycles. The summed E-state index contributed by atoms with van der Waals surface area (Å²) in [5.41, 5.74) is 0. The Morgan fingerprint density at radius 3 is 2.50 bits per heavy atom. The highest BCUT2D eigenvalue weighted by molar-refractivity contribution is 6.43. The third kappa shape index (κ3) is 4.05. The lowest BCUT2D eigenvalue weighted by atomic mass is 10.3. The first-order valence-electron chi connectivity index (χ1n) is 4.97. The average molecular weight is 288 g/mol. The van der Waals surface area contributed by atoms with Gasteiger partial charge in [0, 0.05) is 26.2 Å². The van der Waals surface area contributed by atoms with Crippen LogP contribution in [0.2, 0.25) is 10.0 Å². The molecule has 0 bridgehead atoms. The van der Waals surface area contributed by atoms with Gasteiger partial charge in [-0.1, -0.05) is 29.3 Å². The molecule has 0 atom stereocenters. The van der Waals surface area contributed by atoms with Gasteiger partial charge in [0.25, 0.3) is 0 Å². The highest BCUT2D eigenvalue weighted by Gasteiger charge is 2.09. The summed E-state index contributed by atoms with van der Waals surface area (Å²) in [4.78, 5) is 24.0. The van der Waals surface area contributed by atoms with Crippen molar-refractivity contribution in [1.82, 2.24) is 4.90 Å². The average Bonchev–Trinajstić information content (AvgIpc) is 2.32. The van der Waals surface area contributed by atoms with E-state index in [4.69, 9.17) is 27.9 Å². The van der Waals surface area contributed by atoms with Crippen LogP contribution in [0.15, 0.2) is 30.4 Å². The second kappa shape index (κ2) is 6.42. The van der Waals surface area contributed by atoms with E-state index in [-0.39, 0.29) is 21.7 Å². The van der Waals surface area contributed by atoms with Crippen LogP contribution < -0.4 is 4.74 Å². The third-order valence-corrected chi connectivity index (χ3v) is 2.73. The molecule has 1 aromatic rings. The Hall–Kier alpha value is -1.52. The predicted octanol–water partition coefficient (Wildman–Crippen LogP) is 2.54. The van der Waals surface area contributed by atoms with Crippen LogP contribution in [-0.2, 0) is 9.59 Å². The van der Waals surface area contributed by atoms with E-state index in [0.717, 1.165) is 12.2 Å². The zero-order valence-corrected chi connectivity index (χ0v) is 11.3. The molecule has 6 heteroatoms. The number of amides is 1. The monoisotopic (exact) mass is 287 g/mol. The van der Waals surface area contributed by atoms with E-state index in [1.165, 1.54) is 11.0 Å². The number of halogens is 2. The van der Waals surface area contributed by atoms with Crippen molar-refractivity contribution in [2.75, 3.05) is 14.1 Å². The van der Waals surface area contributed by atoms with Gasteiger partial charge in [0.05, 0.1) is 5.02 Å². The first-order valence-corrected chi connectivity index (χ1v) is 5.72. The van der Waals surface area contributed by atoms with Gasteiger partial charge in [-0.05, 0) is 12.1 Å². The molecule has 0 unspecified atom stereocenters. The van der Waals surface area contributed by atoms with Crippen LogP contribution in [0.25, 0.3) is 0 Å². The van der Waals surface area contributed by atoms with Gasteiger partial charge in [-0.15, -0.1) is 0 Å². The van der Waals surface area contributed by atoms with Gasteiger partial charge < -0.3 is 9.64 Å². The van der Waals surface area contributed by atoms with E-state index < -0.39 is 5.97 Å². The summed E-state index contributed by atoms with van der Waals surface area (Å²) < 4.78 is 4.94. The van der Waals surface area contributed by atoms with E-state index in [0.29, 0.717) is 0 Å². The molecular formula is C12H11Cl2NO3. The molecule has 0 aliphatic carbocycles. The largest absolute Gasteiger partial charge is 0.422 e. The van der Waals surface area contributed by atoms with Gasteiger partial charge in [-0.2, -0.15) is 0 Å². The summed E-state index contributed by atoms with van der Waals surface area (Å²) in [6.45, 7) is 0. The molecule has 0 N–H and O–H groups in total. The Kier molecular flexibility index (Phi) is 5.19. The minimum absolute atomic E-state index is 0.149. The van der Waals surface area contributed by atoms with Crippen LogP contribution in [0, 0.1) is 0 Å². The molecule has 0 aromatic heterocycles. The molecule has 0 fully saturated rings. The summed E-state index contributed by atoms with van der Waals surface area (Å²) in [7, 11) is 3.15. The fourth-order valence-corrected chi connectivity index (χ4v) is 1.32. The smallest absolute Gasteiger partial charge is 0.336 e. The molecule has 4 nitrogen and oxygen atoms in total. The van der Waals surface area contributed by atoms with Crippen molar-refractivity contribution < 1.29 is 14.3 Å². The SMILES string of the molecule is CN(C)C(=O)/C=C/C(=O)Oc1cccc(Cl)c1Cl. The van der Waals surface area contributed by atoms with Crippen molar-refractivity contribution in [3.63, 3.8) is 0 Å². The Morgan fingerprint density at radius 2 is 1.89 bits per heavy atom. The molecule has 0 radical (unpaired) electrons. The molecule has 96 valence electrons. The van der Waals surface area contributed by atoms with Crippen molar-refractivity contribution in [3.05, 3.63) is 40.4 Å². The van der Waals surface area contributed by atoms with E-state index in [1.807, 2.05) is 0 Å². The molecule has 0 aliphatic heterocycles. The van der Waals surface area contributed by atoms with Crippen LogP contribution in [0.5, 0.6) is 5.75 Å². The van der Waals surface area contributed by atoms with Gasteiger partial charge in [-0.25, -0.2) is 4.79 Å². The maximum Gasteiger partial charge on any atom is 0.336 e. The summed E-state index contributed by atoms with van der Waals surface area (Å²) >= 11 is 11.6. The molecule has 18 heavy (non-hydrogen) atoms. The second-order valence-electron chi connectivity index (χ2n) is 3.54. The van der Waals surface area contributed by atoms with E-state index in [9.17, 15) is 9.59 Å². The Labute approximate surface area is 115 Å². The number of rotatable bonds is 3. The first kappa shape index (κ1) is 14.5. The number of ether oxygens (including phenoxy) is 1. The molecule has 0 spiro atoms. The summed E-state index contributed by atoms with van der Waals surface area (Å²) in [6, 6.07) is 4.69. The van der Waals surface area contributed by atoms with Gasteiger partial charge >= 0.3 is 5.97 Å². The Balaban J connectivity index is 2.71. The first-order chi connectivity index (χ1) is 8.41. The van der Waals surface area contributed by atoms with Crippen LogP contribution in [0.1, 0.15) is 0 Å². The van der Waals surface area contributed by atoms with E-state index in [2.05, 4.69) is 0 Å². The van der Waals surface area contributed by atoms with E-state index >= 15 is 0 Å². The number of hydrogen-bond donors (Lipinski definition) is 0. The highest BCUT2D eigenvalue weighted by atomic mass is 35.5. The maximum absolute atomic E-state index is 11.4. The number of likely N-dealkylation sites (N-methyl/N-ethyl adjacent to an activating group) is 1. The number of carbonyl (C=O) groups excluding carboxylic acids is 2. The standard InChI is InChI=1S/C12H11Cl2NO3/c1-15(2)10(16)6-7-11(17)18-9-5-3-4-8(13)12(9)14/h3-7H,1-2H3/b7-6+. The minimum atomic E-state index is -0.700. The zero-order valence-electron chi connectivity index (χ0n) is 9.81. The Morgan fingerprint density at radius 1 is 1.22 bits per heavy atom. The van der Waals surface area contributed by atoms with Crippen molar-refractivity contribution >= 4 is 35.1 Å². The number of esters is 1. The van der Waals surface area contributed by atoms with E-state index in [1.54, 1.807) is 26.2 Å². The van der Waals surface area contributed by atoms with Crippen LogP contribution in [0.4, 0.5) is 0 Å². The van der Waals surface area contributed by atoms with Crippen LogP contribution in [0.3, 0.4) is 0 Å². The molecule has 0 saturated heterocycles. The maximum atomic E-state index is 11.4. The third-order valence-electron chi connectivity index (χ3n) is 1.93. The highest BCUT2D eigenvalue weighted by Crippen LogP contribution is 2.31. The van der Waals surface area contributed by atoms with Crippen molar-refractivity contribution in [1.29, 1.82) is 0 Å². The molecular weight excluding hydrogens is 277 g/mol. The lowest BCUT2D eigenvalue weighted by molar-refractivity contribution is -0.129. The quantitative estimate of drug-likeness (QED) is 0.488. The normalized spacial score (nSPS) is 10.4. The van der Waals surface area contributed by atoms with Gasteiger partial charge in [0.2, 0.25) is 5.91 Å².